The van der Waals surface area contributed by atoms with Crippen LogP contribution < -0.4 is 15.8 Å². The van der Waals surface area contributed by atoms with E-state index >= 15 is 0 Å². The first-order valence-corrected chi connectivity index (χ1v) is 10.0. The molecule has 2 aromatic rings. The summed E-state index contributed by atoms with van der Waals surface area (Å²) < 4.78 is 26.6. The molecule has 0 aliphatic heterocycles. The molecule has 0 bridgehead atoms. The third kappa shape index (κ3) is 2.98. The number of fused-ring (bicyclic) bond motifs is 2. The molecule has 1 heterocycles. The predicted molar refractivity (Wildman–Crippen MR) is 96.3 cm³/mol. The van der Waals surface area contributed by atoms with Crippen LogP contribution in [0.2, 0.25) is 0 Å². The van der Waals surface area contributed by atoms with Crippen LogP contribution in [0, 0.1) is 0 Å². The highest BCUT2D eigenvalue weighted by Gasteiger charge is 2.26. The number of aromatic nitrogens is 2. The van der Waals surface area contributed by atoms with Gasteiger partial charge in [-0.1, -0.05) is 6.07 Å². The normalized spacial score (nSPS) is 15.4. The Hall–Kier alpha value is -2.68. The van der Waals surface area contributed by atoms with Crippen molar-refractivity contribution in [3.05, 3.63) is 40.7 Å². The Balaban J connectivity index is 1.59. The van der Waals surface area contributed by atoms with Crippen molar-refractivity contribution in [2.75, 3.05) is 11.1 Å². The zero-order valence-corrected chi connectivity index (χ0v) is 14.9. The number of nitrogens with one attached hydrogen (secondary N) is 2. The fourth-order valence-corrected chi connectivity index (χ4v) is 4.53. The maximum Gasteiger partial charge on any atom is 0.333 e. The van der Waals surface area contributed by atoms with Crippen LogP contribution in [0.15, 0.2) is 23.5 Å². The quantitative estimate of drug-likeness (QED) is 0.749. The largest absolute Gasteiger partial charge is 0.382 e. The molecule has 1 aromatic heterocycles. The van der Waals surface area contributed by atoms with Crippen LogP contribution in [0.4, 0.5) is 16.3 Å². The minimum atomic E-state index is -4.12. The van der Waals surface area contributed by atoms with Crippen LogP contribution in [0.25, 0.3) is 0 Å². The van der Waals surface area contributed by atoms with E-state index < -0.39 is 16.1 Å². The molecule has 0 radical (unpaired) electrons. The molecule has 0 spiro atoms. The van der Waals surface area contributed by atoms with Gasteiger partial charge < -0.3 is 11.1 Å². The van der Waals surface area contributed by atoms with Crippen molar-refractivity contribution in [1.29, 1.82) is 0 Å². The van der Waals surface area contributed by atoms with Gasteiger partial charge in [0.05, 0.1) is 12.4 Å². The molecule has 1 aromatic carbocycles. The van der Waals surface area contributed by atoms with E-state index in [0.717, 1.165) is 67.7 Å². The summed E-state index contributed by atoms with van der Waals surface area (Å²) in [5.41, 5.74) is 11.0. The Morgan fingerprint density at radius 2 is 1.65 bits per heavy atom. The van der Waals surface area contributed by atoms with Gasteiger partial charge in [-0.05, 0) is 60.8 Å². The number of carbonyl (C=O) groups excluding carboxylic acids is 1. The van der Waals surface area contributed by atoms with E-state index in [1.165, 1.54) is 11.1 Å². The van der Waals surface area contributed by atoms with E-state index in [0.29, 0.717) is 0 Å². The van der Waals surface area contributed by atoms with Crippen molar-refractivity contribution in [1.82, 2.24) is 14.7 Å². The maximum atomic E-state index is 12.4. The molecule has 136 valence electrons. The molecular formula is C17H19N5O3S. The second-order valence-corrected chi connectivity index (χ2v) is 8.20. The zero-order chi connectivity index (χ0) is 18.3. The minimum Gasteiger partial charge on any atom is -0.382 e. The van der Waals surface area contributed by atoms with Crippen LogP contribution in [0.1, 0.15) is 35.1 Å². The van der Waals surface area contributed by atoms with Gasteiger partial charge in [-0.2, -0.15) is 8.42 Å². The van der Waals surface area contributed by atoms with Crippen LogP contribution in [-0.2, 0) is 35.7 Å². The number of hydrogen-bond acceptors (Lipinski definition) is 6. The third-order valence-electron chi connectivity index (χ3n) is 4.86. The Labute approximate surface area is 151 Å². The third-order valence-corrected chi connectivity index (χ3v) is 6.08. The van der Waals surface area contributed by atoms with Crippen LogP contribution in [-0.4, -0.2) is 24.4 Å². The lowest BCUT2D eigenvalue weighted by atomic mass is 9.99. The number of amides is 2. The number of urea groups is 1. The molecule has 0 atom stereocenters. The van der Waals surface area contributed by atoms with Crippen molar-refractivity contribution < 1.29 is 13.2 Å². The highest BCUT2D eigenvalue weighted by Crippen LogP contribution is 2.38. The van der Waals surface area contributed by atoms with Crippen LogP contribution in [0.5, 0.6) is 0 Å². The van der Waals surface area contributed by atoms with Gasteiger partial charge in [0.1, 0.15) is 5.82 Å². The number of sulfonamides is 1. The SMILES string of the molecule is Nc1cnc(S(=O)(=O)NC(=O)Nc2c3c(cc4c2CCC4)CCC3)cn1. The van der Waals surface area contributed by atoms with E-state index in [-0.39, 0.29) is 10.8 Å². The molecule has 0 fully saturated rings. The van der Waals surface area contributed by atoms with E-state index in [1.807, 2.05) is 4.72 Å². The van der Waals surface area contributed by atoms with Crippen molar-refractivity contribution >= 4 is 27.6 Å². The van der Waals surface area contributed by atoms with Crippen LogP contribution >= 0.6 is 0 Å². The van der Waals surface area contributed by atoms with E-state index in [4.69, 9.17) is 5.73 Å². The molecule has 2 aliphatic rings. The second-order valence-electron chi connectivity index (χ2n) is 6.57. The van der Waals surface area contributed by atoms with Gasteiger partial charge in [0, 0.05) is 5.69 Å². The number of rotatable bonds is 3. The van der Waals surface area contributed by atoms with Crippen molar-refractivity contribution in [3.63, 3.8) is 0 Å². The number of nitrogens with two attached hydrogens (primary N) is 1. The van der Waals surface area contributed by atoms with Crippen molar-refractivity contribution in [2.24, 2.45) is 0 Å². The molecule has 9 heteroatoms. The van der Waals surface area contributed by atoms with Gasteiger partial charge >= 0.3 is 6.03 Å². The van der Waals surface area contributed by atoms with E-state index in [2.05, 4.69) is 21.4 Å². The smallest absolute Gasteiger partial charge is 0.333 e. The number of carbonyl (C=O) groups is 1. The maximum absolute atomic E-state index is 12.4. The van der Waals surface area contributed by atoms with Gasteiger partial charge in [-0.25, -0.2) is 19.5 Å². The first kappa shape index (κ1) is 16.8. The molecule has 0 saturated heterocycles. The number of aryl methyl sites for hydroxylation is 2. The first-order valence-electron chi connectivity index (χ1n) is 8.52. The molecule has 4 rings (SSSR count). The summed E-state index contributed by atoms with van der Waals surface area (Å²) in [5, 5.41) is 2.42. The van der Waals surface area contributed by atoms with E-state index in [9.17, 15) is 13.2 Å². The Morgan fingerprint density at radius 1 is 1.00 bits per heavy atom. The summed E-state index contributed by atoms with van der Waals surface area (Å²) in [7, 11) is -4.12. The predicted octanol–water partition coefficient (Wildman–Crippen LogP) is 1.55. The standard InChI is InChI=1S/C17H19N5O3S/c18-14-8-20-15(9-19-14)26(24,25)22-17(23)21-16-12-5-1-3-10(12)7-11-4-2-6-13(11)16/h7-9H,1-6H2,(H2,18,19)(H2,21,22,23). The summed E-state index contributed by atoms with van der Waals surface area (Å²) in [4.78, 5) is 19.8. The number of nitrogens with zero attached hydrogens (tertiary/aromatic N) is 2. The summed E-state index contributed by atoms with van der Waals surface area (Å²) >= 11 is 0. The molecule has 8 nitrogen and oxygen atoms in total. The first-order chi connectivity index (χ1) is 12.4. The highest BCUT2D eigenvalue weighted by molar-refractivity contribution is 7.90. The molecule has 0 saturated carbocycles. The number of nitrogen functional groups attached to an aromatic ring is 1. The Morgan fingerprint density at radius 3 is 2.23 bits per heavy atom. The van der Waals surface area contributed by atoms with Crippen LogP contribution in [0.3, 0.4) is 0 Å². The summed E-state index contributed by atoms with van der Waals surface area (Å²) in [6.45, 7) is 0. The average Bonchev–Trinajstić information content (AvgIpc) is 3.23. The summed E-state index contributed by atoms with van der Waals surface area (Å²) in [5.74, 6) is 0.101. The Bertz CT molecular complexity index is 954. The molecule has 2 amide bonds. The lowest BCUT2D eigenvalue weighted by Gasteiger charge is -2.16. The molecule has 0 unspecified atom stereocenters. The average molecular weight is 373 g/mol. The van der Waals surface area contributed by atoms with Gasteiger partial charge in [0.15, 0.2) is 5.03 Å². The number of anilines is 2. The lowest BCUT2D eigenvalue weighted by molar-refractivity contribution is 0.256. The number of hydrogen-bond donors (Lipinski definition) is 3. The number of benzene rings is 1. The second kappa shape index (κ2) is 6.24. The van der Waals surface area contributed by atoms with Gasteiger partial charge in [-0.3, -0.25) is 0 Å². The molecule has 4 N–H and O–H groups in total. The Kier molecular flexibility index (Phi) is 4.03. The van der Waals surface area contributed by atoms with Gasteiger partial charge in [0.2, 0.25) is 0 Å². The fraction of sp³-hybridized carbons (Fsp3) is 0.353. The molecular weight excluding hydrogens is 354 g/mol. The molecule has 2 aliphatic carbocycles. The summed E-state index contributed by atoms with van der Waals surface area (Å²) in [6, 6.07) is 1.45. The monoisotopic (exact) mass is 373 g/mol. The topological polar surface area (TPSA) is 127 Å². The highest BCUT2D eigenvalue weighted by atomic mass is 32.2. The minimum absolute atomic E-state index is 0.101. The fourth-order valence-electron chi connectivity index (χ4n) is 3.75. The van der Waals surface area contributed by atoms with Gasteiger partial charge in [-0.15, -0.1) is 0 Å². The van der Waals surface area contributed by atoms with Gasteiger partial charge in [0.25, 0.3) is 10.0 Å². The lowest BCUT2D eigenvalue weighted by Crippen LogP contribution is -2.35. The molecule has 26 heavy (non-hydrogen) atoms. The van der Waals surface area contributed by atoms with Crippen molar-refractivity contribution in [2.45, 2.75) is 43.6 Å². The summed E-state index contributed by atoms with van der Waals surface area (Å²) in [6.07, 6.45) is 8.04. The van der Waals surface area contributed by atoms with E-state index in [1.54, 1.807) is 0 Å². The zero-order valence-electron chi connectivity index (χ0n) is 14.1. The van der Waals surface area contributed by atoms with Crippen molar-refractivity contribution in [3.8, 4) is 0 Å².